The molecule has 0 radical (unpaired) electrons. The van der Waals surface area contributed by atoms with Gasteiger partial charge in [0.05, 0.1) is 32.8 Å². The van der Waals surface area contributed by atoms with Crippen LogP contribution in [-0.2, 0) is 10.2 Å². The van der Waals surface area contributed by atoms with Crippen molar-refractivity contribution in [3.63, 3.8) is 0 Å². The minimum Gasteiger partial charge on any atom is -0.301 e. The smallest absolute Gasteiger partial charge is 0.301 e. The summed E-state index contributed by atoms with van der Waals surface area (Å²) in [5.74, 6) is -0.0661. The lowest BCUT2D eigenvalue weighted by atomic mass is 9.67. The van der Waals surface area contributed by atoms with Crippen molar-refractivity contribution in [2.24, 2.45) is 5.41 Å². The first-order valence-corrected chi connectivity index (χ1v) is 9.85. The second kappa shape index (κ2) is 5.54. The highest BCUT2D eigenvalue weighted by Gasteiger charge is 2.68. The lowest BCUT2D eigenvalue weighted by Crippen LogP contribution is -2.46. The number of carbonyl (C=O) groups excluding carboxylic acids is 1. The maximum absolute atomic E-state index is 13.5. The Bertz CT molecular complexity index is 1160. The Morgan fingerprint density at radius 1 is 1.29 bits per heavy atom. The Balaban J connectivity index is 1.62. The third-order valence-corrected chi connectivity index (χ3v) is 7.26. The molecule has 1 fully saturated rings. The average molecular weight is 395 g/mol. The first-order chi connectivity index (χ1) is 13.3. The number of hydrogen-bond acceptors (Lipinski definition) is 7. The zero-order chi connectivity index (χ0) is 19.7. The Hall–Kier alpha value is -2.94. The van der Waals surface area contributed by atoms with Gasteiger partial charge in [-0.25, -0.2) is 15.0 Å². The first-order valence-electron chi connectivity index (χ1n) is 9.03. The zero-order valence-corrected chi connectivity index (χ0v) is 16.1. The molecule has 142 valence electrons. The molecule has 1 aromatic carbocycles. The number of rotatable bonds is 3. The second-order valence-corrected chi connectivity index (χ2v) is 8.89. The summed E-state index contributed by atoms with van der Waals surface area (Å²) in [6, 6.07) is 7.67. The van der Waals surface area contributed by atoms with Crippen LogP contribution in [0.4, 0.5) is 10.1 Å². The SMILES string of the molecule is CC1(C)C2CCC1(C(=O)Nc1ncc([N+](=O)[O-])s1)c1nc3ccccc3nc12. The maximum Gasteiger partial charge on any atom is 0.345 e. The van der Waals surface area contributed by atoms with Crippen LogP contribution in [0, 0.1) is 15.5 Å². The summed E-state index contributed by atoms with van der Waals surface area (Å²) in [5.41, 5.74) is 2.04. The molecule has 2 aromatic heterocycles. The number of nitrogens with one attached hydrogen (secondary N) is 1. The number of hydrogen-bond donors (Lipinski definition) is 1. The molecule has 3 aromatic rings. The van der Waals surface area contributed by atoms with Gasteiger partial charge in [0.2, 0.25) is 5.91 Å². The van der Waals surface area contributed by atoms with E-state index in [1.165, 1.54) is 0 Å². The predicted molar refractivity (Wildman–Crippen MR) is 104 cm³/mol. The van der Waals surface area contributed by atoms with Gasteiger partial charge >= 0.3 is 5.00 Å². The van der Waals surface area contributed by atoms with Crippen molar-refractivity contribution in [2.75, 3.05) is 5.32 Å². The van der Waals surface area contributed by atoms with Gasteiger partial charge in [-0.3, -0.25) is 14.9 Å². The molecule has 9 heteroatoms. The number of nitrogens with zero attached hydrogens (tertiary/aromatic N) is 4. The van der Waals surface area contributed by atoms with Gasteiger partial charge in [-0.2, -0.15) is 0 Å². The van der Waals surface area contributed by atoms with E-state index in [1.54, 1.807) is 0 Å². The van der Waals surface area contributed by atoms with E-state index in [0.717, 1.165) is 46.4 Å². The van der Waals surface area contributed by atoms with Crippen LogP contribution in [-0.4, -0.2) is 25.8 Å². The van der Waals surface area contributed by atoms with Crippen molar-refractivity contribution in [1.29, 1.82) is 0 Å². The normalized spacial score (nSPS) is 24.3. The predicted octanol–water partition coefficient (Wildman–Crippen LogP) is 3.79. The monoisotopic (exact) mass is 395 g/mol. The number of anilines is 1. The highest BCUT2D eigenvalue weighted by molar-refractivity contribution is 7.18. The van der Waals surface area contributed by atoms with Crippen molar-refractivity contribution in [2.45, 2.75) is 38.0 Å². The molecule has 1 amide bonds. The highest BCUT2D eigenvalue weighted by atomic mass is 32.1. The fourth-order valence-electron chi connectivity index (χ4n) is 4.94. The Kier molecular flexibility index (Phi) is 3.40. The molecule has 2 aliphatic rings. The molecular formula is C19H17N5O3S. The Morgan fingerprint density at radius 2 is 2.00 bits per heavy atom. The summed E-state index contributed by atoms with van der Waals surface area (Å²) in [6.07, 6.45) is 2.69. The van der Waals surface area contributed by atoms with Gasteiger partial charge in [-0.05, 0) is 41.7 Å². The lowest BCUT2D eigenvalue weighted by Gasteiger charge is -2.35. The molecular weight excluding hydrogens is 378 g/mol. The summed E-state index contributed by atoms with van der Waals surface area (Å²) in [6.45, 7) is 4.17. The minimum atomic E-state index is -0.829. The van der Waals surface area contributed by atoms with Crippen molar-refractivity contribution in [3.05, 3.63) is 52.0 Å². The fourth-order valence-corrected chi connectivity index (χ4v) is 5.57. The summed E-state index contributed by atoms with van der Waals surface area (Å²) in [5, 5.41) is 13.9. The Labute approximate surface area is 164 Å². The quantitative estimate of drug-likeness (QED) is 0.533. The van der Waals surface area contributed by atoms with Crippen LogP contribution in [0.25, 0.3) is 11.0 Å². The van der Waals surface area contributed by atoms with Crippen LogP contribution in [0.3, 0.4) is 0 Å². The van der Waals surface area contributed by atoms with Gasteiger partial charge in [0.15, 0.2) is 5.13 Å². The third-order valence-electron chi connectivity index (χ3n) is 6.39. The number of nitro groups is 1. The average Bonchev–Trinajstić information content (AvgIpc) is 3.28. The summed E-state index contributed by atoms with van der Waals surface area (Å²) >= 11 is 0.857. The van der Waals surface area contributed by atoms with E-state index in [4.69, 9.17) is 9.97 Å². The fraction of sp³-hybridized carbons (Fsp3) is 0.368. The van der Waals surface area contributed by atoms with E-state index in [1.807, 2.05) is 24.3 Å². The molecule has 8 nitrogen and oxygen atoms in total. The van der Waals surface area contributed by atoms with E-state index in [0.29, 0.717) is 6.42 Å². The molecule has 2 bridgehead atoms. The third kappa shape index (κ3) is 2.05. The van der Waals surface area contributed by atoms with Gasteiger partial charge in [0, 0.05) is 5.92 Å². The van der Waals surface area contributed by atoms with Crippen molar-refractivity contribution in [1.82, 2.24) is 15.0 Å². The number of thiazole rings is 1. The largest absolute Gasteiger partial charge is 0.345 e. The first kappa shape index (κ1) is 17.2. The lowest BCUT2D eigenvalue weighted by molar-refractivity contribution is -0.380. The topological polar surface area (TPSA) is 111 Å². The molecule has 5 rings (SSSR count). The van der Waals surface area contributed by atoms with Crippen molar-refractivity contribution < 1.29 is 9.72 Å². The van der Waals surface area contributed by atoms with Crippen LogP contribution in [0.5, 0.6) is 0 Å². The van der Waals surface area contributed by atoms with E-state index >= 15 is 0 Å². The van der Waals surface area contributed by atoms with Crippen LogP contribution in [0.15, 0.2) is 30.5 Å². The summed E-state index contributed by atoms with van der Waals surface area (Å²) in [4.78, 5) is 37.6. The second-order valence-electron chi connectivity index (χ2n) is 7.88. The highest BCUT2D eigenvalue weighted by Crippen LogP contribution is 2.67. The minimum absolute atomic E-state index is 0.103. The zero-order valence-electron chi connectivity index (χ0n) is 15.3. The molecule has 0 aliphatic heterocycles. The van der Waals surface area contributed by atoms with Gasteiger partial charge in [-0.15, -0.1) is 0 Å². The number of para-hydroxylation sites is 2. The molecule has 0 spiro atoms. The van der Waals surface area contributed by atoms with E-state index in [2.05, 4.69) is 24.1 Å². The van der Waals surface area contributed by atoms with Crippen LogP contribution >= 0.6 is 11.3 Å². The standard InChI is InChI=1S/C19H17N5O3S/c1-18(2)10-7-8-19(18,16(25)23-17-20-9-13(28-17)24(26)27)15-14(10)21-11-5-3-4-6-12(11)22-15/h3-6,9-10H,7-8H2,1-2H3,(H,20,23,25). The molecule has 2 aliphatic carbocycles. The van der Waals surface area contributed by atoms with Gasteiger partial charge in [0.25, 0.3) is 0 Å². The number of carbonyl (C=O) groups is 1. The molecule has 2 atom stereocenters. The van der Waals surface area contributed by atoms with Crippen LogP contribution in [0.2, 0.25) is 0 Å². The summed E-state index contributed by atoms with van der Waals surface area (Å²) in [7, 11) is 0. The molecule has 1 N–H and O–H groups in total. The number of fused-ring (bicyclic) bond motifs is 6. The van der Waals surface area contributed by atoms with E-state index in [-0.39, 0.29) is 27.4 Å². The molecule has 1 saturated carbocycles. The number of aromatic nitrogens is 3. The van der Waals surface area contributed by atoms with E-state index in [9.17, 15) is 14.9 Å². The van der Waals surface area contributed by atoms with Gasteiger partial charge in [-0.1, -0.05) is 26.0 Å². The van der Waals surface area contributed by atoms with Crippen molar-refractivity contribution >= 4 is 38.4 Å². The molecule has 28 heavy (non-hydrogen) atoms. The number of benzene rings is 1. The van der Waals surface area contributed by atoms with Gasteiger partial charge in [0.1, 0.15) is 6.20 Å². The van der Waals surface area contributed by atoms with Crippen LogP contribution < -0.4 is 5.32 Å². The number of amides is 1. The van der Waals surface area contributed by atoms with Crippen molar-refractivity contribution in [3.8, 4) is 0 Å². The van der Waals surface area contributed by atoms with E-state index < -0.39 is 10.3 Å². The van der Waals surface area contributed by atoms with Crippen LogP contribution in [0.1, 0.15) is 44.0 Å². The molecule has 0 saturated heterocycles. The van der Waals surface area contributed by atoms with Gasteiger partial charge < -0.3 is 5.32 Å². The molecule has 2 heterocycles. The summed E-state index contributed by atoms with van der Waals surface area (Å²) < 4.78 is 0. The Morgan fingerprint density at radius 3 is 2.68 bits per heavy atom. The molecule has 2 unspecified atom stereocenters. The maximum atomic E-state index is 13.5.